The molecule has 0 spiro atoms. The monoisotopic (exact) mass is 338 g/mol. The number of nitrogen functional groups attached to an aromatic ring is 1. The maximum absolute atomic E-state index is 5.94. The van der Waals surface area contributed by atoms with Crippen LogP contribution in [0.2, 0.25) is 0 Å². The van der Waals surface area contributed by atoms with Crippen LogP contribution < -0.4 is 5.73 Å². The average Bonchev–Trinajstić information content (AvgIpc) is 3.18. The van der Waals surface area contributed by atoms with Gasteiger partial charge in [0, 0.05) is 12.1 Å². The summed E-state index contributed by atoms with van der Waals surface area (Å²) in [6.07, 6.45) is 4.14. The van der Waals surface area contributed by atoms with E-state index in [2.05, 4.69) is 37.5 Å². The van der Waals surface area contributed by atoms with Crippen molar-refractivity contribution in [2.24, 2.45) is 0 Å². The van der Waals surface area contributed by atoms with E-state index in [0.29, 0.717) is 17.6 Å². The summed E-state index contributed by atoms with van der Waals surface area (Å²) in [6, 6.07) is 5.70. The number of anilines is 1. The van der Waals surface area contributed by atoms with Crippen molar-refractivity contribution in [2.75, 3.05) is 5.73 Å². The molecule has 2 N–H and O–H groups in total. The van der Waals surface area contributed by atoms with Crippen LogP contribution in [-0.4, -0.2) is 15.0 Å². The summed E-state index contributed by atoms with van der Waals surface area (Å²) >= 11 is 2.23. The van der Waals surface area contributed by atoms with Crippen LogP contribution >= 0.6 is 22.6 Å². The SMILES string of the molecule is Nc1nc(-c2ccccn2)nc(C2CC2)c1I. The number of rotatable bonds is 2. The number of hydrogen-bond acceptors (Lipinski definition) is 4. The van der Waals surface area contributed by atoms with Crippen molar-refractivity contribution in [3.05, 3.63) is 33.7 Å². The van der Waals surface area contributed by atoms with Gasteiger partial charge in [0.05, 0.1) is 9.26 Å². The molecule has 1 aliphatic rings. The van der Waals surface area contributed by atoms with Crippen molar-refractivity contribution in [2.45, 2.75) is 18.8 Å². The molecule has 3 rings (SSSR count). The molecular weight excluding hydrogens is 327 g/mol. The fraction of sp³-hybridized carbons (Fsp3) is 0.250. The van der Waals surface area contributed by atoms with Crippen LogP contribution in [0.1, 0.15) is 24.5 Å². The lowest BCUT2D eigenvalue weighted by Gasteiger charge is -2.07. The third-order valence-corrected chi connectivity index (χ3v) is 3.87. The van der Waals surface area contributed by atoms with Crippen LogP contribution in [0, 0.1) is 3.57 Å². The van der Waals surface area contributed by atoms with Gasteiger partial charge in [-0.3, -0.25) is 4.98 Å². The molecule has 0 saturated heterocycles. The largest absolute Gasteiger partial charge is 0.383 e. The highest BCUT2D eigenvalue weighted by Gasteiger charge is 2.29. The second-order valence-electron chi connectivity index (χ2n) is 4.12. The van der Waals surface area contributed by atoms with Gasteiger partial charge < -0.3 is 5.73 Å². The van der Waals surface area contributed by atoms with E-state index in [1.165, 1.54) is 12.8 Å². The molecule has 1 saturated carbocycles. The molecule has 1 fully saturated rings. The van der Waals surface area contributed by atoms with Crippen molar-refractivity contribution in [1.82, 2.24) is 15.0 Å². The first-order chi connectivity index (χ1) is 8.25. The Morgan fingerprint density at radius 3 is 2.71 bits per heavy atom. The molecule has 2 aromatic heterocycles. The summed E-state index contributed by atoms with van der Waals surface area (Å²) in [5.41, 5.74) is 7.80. The molecule has 4 nitrogen and oxygen atoms in total. The zero-order valence-corrected chi connectivity index (χ0v) is 11.3. The Morgan fingerprint density at radius 2 is 2.06 bits per heavy atom. The number of nitrogens with zero attached hydrogens (tertiary/aromatic N) is 3. The highest BCUT2D eigenvalue weighted by Crippen LogP contribution is 2.42. The standard InChI is InChI=1S/C12H11IN4/c13-9-10(7-4-5-7)16-12(17-11(9)14)8-3-1-2-6-15-8/h1-3,6-7H,4-5H2,(H2,14,16,17). The fourth-order valence-corrected chi connectivity index (χ4v) is 2.40. The minimum Gasteiger partial charge on any atom is -0.383 e. The van der Waals surface area contributed by atoms with Gasteiger partial charge in [-0.2, -0.15) is 0 Å². The Hall–Kier alpha value is -1.24. The van der Waals surface area contributed by atoms with Gasteiger partial charge in [-0.15, -0.1) is 0 Å². The topological polar surface area (TPSA) is 64.7 Å². The van der Waals surface area contributed by atoms with Crippen molar-refractivity contribution in [1.29, 1.82) is 0 Å². The van der Waals surface area contributed by atoms with Gasteiger partial charge in [0.1, 0.15) is 11.5 Å². The quantitative estimate of drug-likeness (QED) is 0.855. The Bertz CT molecular complexity index is 552. The number of hydrogen-bond donors (Lipinski definition) is 1. The smallest absolute Gasteiger partial charge is 0.180 e. The predicted molar refractivity (Wildman–Crippen MR) is 74.4 cm³/mol. The van der Waals surface area contributed by atoms with Crippen molar-refractivity contribution in [3.63, 3.8) is 0 Å². The molecule has 0 aromatic carbocycles. The Morgan fingerprint density at radius 1 is 1.24 bits per heavy atom. The Kier molecular flexibility index (Phi) is 2.70. The van der Waals surface area contributed by atoms with Gasteiger partial charge in [-0.25, -0.2) is 9.97 Å². The first-order valence-electron chi connectivity index (χ1n) is 5.50. The second-order valence-corrected chi connectivity index (χ2v) is 5.20. The third-order valence-electron chi connectivity index (χ3n) is 2.76. The minimum atomic E-state index is 0.558. The molecule has 1 aliphatic carbocycles. The van der Waals surface area contributed by atoms with Crippen LogP contribution in [0.15, 0.2) is 24.4 Å². The van der Waals surface area contributed by atoms with Crippen LogP contribution in [0.3, 0.4) is 0 Å². The van der Waals surface area contributed by atoms with Crippen molar-refractivity contribution in [3.8, 4) is 11.5 Å². The van der Waals surface area contributed by atoms with E-state index in [-0.39, 0.29) is 0 Å². The maximum atomic E-state index is 5.94. The molecule has 2 heterocycles. The van der Waals surface area contributed by atoms with Crippen LogP contribution in [-0.2, 0) is 0 Å². The number of pyridine rings is 1. The molecule has 0 bridgehead atoms. The van der Waals surface area contributed by atoms with Crippen LogP contribution in [0.4, 0.5) is 5.82 Å². The normalized spacial score (nSPS) is 14.9. The maximum Gasteiger partial charge on any atom is 0.180 e. The molecule has 0 unspecified atom stereocenters. The summed E-state index contributed by atoms with van der Waals surface area (Å²) < 4.78 is 0.991. The molecule has 86 valence electrons. The predicted octanol–water partition coefficient (Wildman–Crippen LogP) is 2.60. The van der Waals surface area contributed by atoms with E-state index in [1.807, 2.05) is 18.2 Å². The van der Waals surface area contributed by atoms with E-state index in [1.54, 1.807) is 6.20 Å². The zero-order chi connectivity index (χ0) is 11.8. The molecular formula is C12H11IN4. The van der Waals surface area contributed by atoms with Gasteiger partial charge in [0.15, 0.2) is 5.82 Å². The van der Waals surface area contributed by atoms with E-state index in [9.17, 15) is 0 Å². The van der Waals surface area contributed by atoms with Crippen LogP contribution in [0.25, 0.3) is 11.5 Å². The zero-order valence-electron chi connectivity index (χ0n) is 9.10. The highest BCUT2D eigenvalue weighted by molar-refractivity contribution is 14.1. The summed E-state index contributed by atoms with van der Waals surface area (Å²) in [6.45, 7) is 0. The summed E-state index contributed by atoms with van der Waals surface area (Å²) in [5.74, 6) is 1.75. The van der Waals surface area contributed by atoms with Gasteiger partial charge in [-0.05, 0) is 47.6 Å². The van der Waals surface area contributed by atoms with Crippen molar-refractivity contribution < 1.29 is 0 Å². The minimum absolute atomic E-state index is 0.558. The summed E-state index contributed by atoms with van der Waals surface area (Å²) in [5, 5.41) is 0. The lowest BCUT2D eigenvalue weighted by Crippen LogP contribution is -2.04. The Balaban J connectivity index is 2.12. The molecule has 0 atom stereocenters. The number of halogens is 1. The average molecular weight is 338 g/mol. The molecule has 5 heteroatoms. The third kappa shape index (κ3) is 2.11. The summed E-state index contributed by atoms with van der Waals surface area (Å²) in [7, 11) is 0. The molecule has 0 aliphatic heterocycles. The van der Waals surface area contributed by atoms with E-state index >= 15 is 0 Å². The number of aromatic nitrogens is 3. The van der Waals surface area contributed by atoms with Crippen LogP contribution in [0.5, 0.6) is 0 Å². The lowest BCUT2D eigenvalue weighted by atomic mass is 10.2. The molecule has 0 amide bonds. The van der Waals surface area contributed by atoms with E-state index in [4.69, 9.17) is 5.73 Å². The van der Waals surface area contributed by atoms with E-state index in [0.717, 1.165) is 15.0 Å². The number of nitrogens with two attached hydrogens (primary N) is 1. The van der Waals surface area contributed by atoms with E-state index < -0.39 is 0 Å². The van der Waals surface area contributed by atoms with Crippen molar-refractivity contribution >= 4 is 28.4 Å². The fourth-order valence-electron chi connectivity index (χ4n) is 1.72. The molecule has 17 heavy (non-hydrogen) atoms. The molecule has 2 aromatic rings. The van der Waals surface area contributed by atoms with Gasteiger partial charge in [-0.1, -0.05) is 6.07 Å². The molecule has 0 radical (unpaired) electrons. The second kappa shape index (κ2) is 4.21. The van der Waals surface area contributed by atoms with Gasteiger partial charge in [0.2, 0.25) is 0 Å². The summed E-state index contributed by atoms with van der Waals surface area (Å²) in [4.78, 5) is 13.2. The van der Waals surface area contributed by atoms with Gasteiger partial charge in [0.25, 0.3) is 0 Å². The van der Waals surface area contributed by atoms with Gasteiger partial charge >= 0.3 is 0 Å². The lowest BCUT2D eigenvalue weighted by molar-refractivity contribution is 0.977. The highest BCUT2D eigenvalue weighted by atomic mass is 127. The Labute approximate surface area is 113 Å². The first kappa shape index (κ1) is 10.9. The first-order valence-corrected chi connectivity index (χ1v) is 6.58.